The Bertz CT molecular complexity index is 1200. The number of esters is 2. The van der Waals surface area contributed by atoms with E-state index in [1.807, 2.05) is 27.8 Å². The van der Waals surface area contributed by atoms with E-state index in [4.69, 9.17) is 28.5 Å². The SMILES string of the molecule is CCCCCCCCCCCCCCCCCCOC(=O)NCC(COC(=O)CCC(=O)OCCCC(C)(C)OC[N+](C)(CC)OC)NC(=O)OCCCCCCCCCCCCCCCCCC. The number of carbonyl (C=O) groups excluding carboxylic acids is 4. The van der Waals surface area contributed by atoms with E-state index in [0.717, 1.165) is 45.1 Å². The second-order valence-electron chi connectivity index (χ2n) is 20.4. The summed E-state index contributed by atoms with van der Waals surface area (Å²) in [5, 5.41) is 5.41. The molecule has 0 aliphatic rings. The van der Waals surface area contributed by atoms with Crippen molar-refractivity contribution in [1.82, 2.24) is 10.6 Å². The van der Waals surface area contributed by atoms with Gasteiger partial charge >= 0.3 is 24.1 Å². The maximum Gasteiger partial charge on any atom is 0.407 e. The van der Waals surface area contributed by atoms with Crippen molar-refractivity contribution in [2.45, 2.75) is 277 Å². The fourth-order valence-electron chi connectivity index (χ4n) is 8.13. The molecule has 0 heterocycles. The fourth-order valence-corrected chi connectivity index (χ4v) is 8.13. The molecular formula is C56H110N3O10+. The molecule has 2 unspecified atom stereocenters. The van der Waals surface area contributed by atoms with Gasteiger partial charge in [-0.3, -0.25) is 9.59 Å². The molecule has 0 saturated heterocycles. The van der Waals surface area contributed by atoms with Crippen LogP contribution in [0.25, 0.3) is 0 Å². The minimum atomic E-state index is -0.759. The molecule has 0 aromatic heterocycles. The lowest BCUT2D eigenvalue weighted by Crippen LogP contribution is -2.47. The van der Waals surface area contributed by atoms with Crippen molar-refractivity contribution in [3.05, 3.63) is 0 Å². The summed E-state index contributed by atoms with van der Waals surface area (Å²) < 4.78 is 28.0. The highest BCUT2D eigenvalue weighted by Gasteiger charge is 2.27. The number of carbonyl (C=O) groups is 4. The molecule has 0 aromatic carbocycles. The fraction of sp³-hybridized carbons (Fsp3) is 0.929. The van der Waals surface area contributed by atoms with Gasteiger partial charge in [0.2, 0.25) is 6.73 Å². The maximum absolute atomic E-state index is 12.8. The second-order valence-corrected chi connectivity index (χ2v) is 20.4. The van der Waals surface area contributed by atoms with Crippen LogP contribution in [0.5, 0.6) is 0 Å². The largest absolute Gasteiger partial charge is 0.466 e. The van der Waals surface area contributed by atoms with Crippen LogP contribution < -0.4 is 10.6 Å². The van der Waals surface area contributed by atoms with Gasteiger partial charge in [-0.2, -0.15) is 4.65 Å². The van der Waals surface area contributed by atoms with Gasteiger partial charge in [0.15, 0.2) is 0 Å². The number of nitrogens with one attached hydrogen (secondary N) is 2. The van der Waals surface area contributed by atoms with Crippen LogP contribution in [0.1, 0.15) is 266 Å². The molecular weight excluding hydrogens is 875 g/mol. The van der Waals surface area contributed by atoms with E-state index in [-0.39, 0.29) is 39.2 Å². The Labute approximate surface area is 423 Å². The molecule has 0 aromatic rings. The van der Waals surface area contributed by atoms with E-state index >= 15 is 0 Å². The summed E-state index contributed by atoms with van der Waals surface area (Å²) in [4.78, 5) is 55.9. The Morgan fingerprint density at radius 2 is 0.841 bits per heavy atom. The minimum Gasteiger partial charge on any atom is -0.466 e. The summed E-state index contributed by atoms with van der Waals surface area (Å²) in [5.74, 6) is -1.11. The van der Waals surface area contributed by atoms with Gasteiger partial charge in [-0.1, -0.05) is 206 Å². The van der Waals surface area contributed by atoms with Gasteiger partial charge < -0.3 is 34.3 Å². The third-order valence-electron chi connectivity index (χ3n) is 13.3. The Hall–Kier alpha value is -2.64. The lowest BCUT2D eigenvalue weighted by atomic mass is 10.0. The van der Waals surface area contributed by atoms with Crippen molar-refractivity contribution < 1.29 is 52.3 Å². The van der Waals surface area contributed by atoms with Crippen LogP contribution in [0.3, 0.4) is 0 Å². The number of unbranched alkanes of at least 4 members (excludes halogenated alkanes) is 30. The predicted octanol–water partition coefficient (Wildman–Crippen LogP) is 14.8. The van der Waals surface area contributed by atoms with Gasteiger partial charge in [-0.05, 0) is 46.5 Å². The number of amides is 2. The van der Waals surface area contributed by atoms with Gasteiger partial charge in [0.05, 0.1) is 51.4 Å². The third kappa shape index (κ3) is 46.2. The van der Waals surface area contributed by atoms with Crippen molar-refractivity contribution in [1.29, 1.82) is 0 Å². The molecule has 408 valence electrons. The molecule has 0 spiro atoms. The summed E-state index contributed by atoms with van der Waals surface area (Å²) in [6.45, 7) is 12.3. The Kier molecular flexibility index (Phi) is 45.8. The highest BCUT2D eigenvalue weighted by molar-refractivity contribution is 5.77. The van der Waals surface area contributed by atoms with Crippen molar-refractivity contribution in [2.24, 2.45) is 0 Å². The molecule has 0 rings (SSSR count). The van der Waals surface area contributed by atoms with Crippen LogP contribution in [0.15, 0.2) is 0 Å². The van der Waals surface area contributed by atoms with Crippen LogP contribution in [0, 0.1) is 0 Å². The number of hydrogen-bond acceptors (Lipinski definition) is 10. The third-order valence-corrected chi connectivity index (χ3v) is 13.3. The van der Waals surface area contributed by atoms with E-state index in [1.165, 1.54) is 167 Å². The number of hydroxylamine groups is 3. The second kappa shape index (κ2) is 47.7. The molecule has 69 heavy (non-hydrogen) atoms. The number of nitrogens with zero attached hydrogens (tertiary/aromatic N) is 1. The van der Waals surface area contributed by atoms with Crippen LogP contribution in [0.2, 0.25) is 0 Å². The molecule has 2 amide bonds. The number of quaternary nitrogens is 1. The Morgan fingerprint density at radius 3 is 1.23 bits per heavy atom. The summed E-state index contributed by atoms with van der Waals surface area (Å²) >= 11 is 0. The average Bonchev–Trinajstić information content (AvgIpc) is 3.34. The number of alkyl carbamates (subject to hydrolysis) is 2. The van der Waals surface area contributed by atoms with Crippen molar-refractivity contribution in [3.8, 4) is 0 Å². The highest BCUT2D eigenvalue weighted by Crippen LogP contribution is 2.20. The molecule has 0 aliphatic carbocycles. The van der Waals surface area contributed by atoms with Gasteiger partial charge in [0.1, 0.15) is 20.2 Å². The van der Waals surface area contributed by atoms with E-state index in [2.05, 4.69) is 24.5 Å². The maximum atomic E-state index is 12.8. The number of hydrogen-bond donors (Lipinski definition) is 2. The number of rotatable bonds is 51. The zero-order valence-corrected chi connectivity index (χ0v) is 46.0. The zero-order valence-electron chi connectivity index (χ0n) is 46.0. The average molecular weight is 986 g/mol. The Morgan fingerprint density at radius 1 is 0.478 bits per heavy atom. The monoisotopic (exact) mass is 985 g/mol. The quantitative estimate of drug-likeness (QED) is 0.0151. The van der Waals surface area contributed by atoms with Crippen molar-refractivity contribution in [2.75, 3.05) is 60.4 Å². The lowest BCUT2D eigenvalue weighted by Gasteiger charge is -2.33. The van der Waals surface area contributed by atoms with Gasteiger partial charge in [-0.25, -0.2) is 14.4 Å². The van der Waals surface area contributed by atoms with Crippen LogP contribution in [-0.2, 0) is 38.1 Å². The van der Waals surface area contributed by atoms with Crippen LogP contribution >= 0.6 is 0 Å². The van der Waals surface area contributed by atoms with Crippen LogP contribution in [-0.4, -0.2) is 101 Å². The van der Waals surface area contributed by atoms with E-state index < -0.39 is 35.8 Å². The summed E-state index contributed by atoms with van der Waals surface area (Å²) in [6.07, 6.45) is 40.3. The predicted molar refractivity (Wildman–Crippen MR) is 281 cm³/mol. The molecule has 13 nitrogen and oxygen atoms in total. The topological polar surface area (TPSA) is 148 Å². The van der Waals surface area contributed by atoms with E-state index in [1.54, 1.807) is 7.11 Å². The number of ether oxygens (including phenoxy) is 5. The first kappa shape index (κ1) is 66.4. The molecule has 2 atom stereocenters. The molecule has 2 N–H and O–H groups in total. The van der Waals surface area contributed by atoms with Crippen LogP contribution in [0.4, 0.5) is 9.59 Å². The van der Waals surface area contributed by atoms with Gasteiger partial charge in [0.25, 0.3) is 0 Å². The standard InChI is InChI=1S/C56H109N3O10/c1-8-11-13-15-17-19-21-23-25-27-29-31-33-35-37-39-45-66-54(62)57-48-51(58-55(63)67-46-40-38-36-34-32-30-28-26-24-22-20-18-16-14-12-9-2)49-68-53(61)43-42-52(60)65-47-41-44-56(4,5)69-50-59(6,10-3)64-7/h51H,8-50H2,1-7H3,(H-,57,58,62,63)/p+1. The summed E-state index contributed by atoms with van der Waals surface area (Å²) in [7, 11) is 3.61. The molecule has 0 bridgehead atoms. The summed E-state index contributed by atoms with van der Waals surface area (Å²) in [5.41, 5.74) is -0.428. The summed E-state index contributed by atoms with van der Waals surface area (Å²) in [6, 6.07) is -0.759. The van der Waals surface area contributed by atoms with Gasteiger partial charge in [0, 0.05) is 6.54 Å². The molecule has 13 heteroatoms. The zero-order chi connectivity index (χ0) is 50.9. The highest BCUT2D eigenvalue weighted by atomic mass is 16.7. The smallest absolute Gasteiger partial charge is 0.407 e. The normalized spacial score (nSPS) is 12.9. The molecule has 0 fully saturated rings. The first-order chi connectivity index (χ1) is 33.4. The van der Waals surface area contributed by atoms with Crippen molar-refractivity contribution >= 4 is 24.1 Å². The van der Waals surface area contributed by atoms with Crippen molar-refractivity contribution in [3.63, 3.8) is 0 Å². The lowest BCUT2D eigenvalue weighted by molar-refractivity contribution is -1.10. The first-order valence-corrected chi connectivity index (χ1v) is 28.6. The molecule has 0 aliphatic heterocycles. The molecule has 0 saturated carbocycles. The molecule has 0 radical (unpaired) electrons. The minimum absolute atomic E-state index is 0.0243. The van der Waals surface area contributed by atoms with E-state index in [0.29, 0.717) is 30.8 Å². The van der Waals surface area contributed by atoms with E-state index in [9.17, 15) is 19.2 Å². The first-order valence-electron chi connectivity index (χ1n) is 28.6. The van der Waals surface area contributed by atoms with Gasteiger partial charge in [-0.15, -0.1) is 0 Å². The Balaban J connectivity index is 4.54.